The normalized spacial score (nSPS) is 15.1. The zero-order chi connectivity index (χ0) is 11.5. The lowest BCUT2D eigenvalue weighted by Crippen LogP contribution is -2.16. The van der Waals surface area contributed by atoms with Gasteiger partial charge in [0.1, 0.15) is 0 Å². The van der Waals surface area contributed by atoms with Gasteiger partial charge in [0, 0.05) is 23.8 Å². The Bertz CT molecular complexity index is 409. The molecule has 1 saturated carbocycles. The molecule has 0 aliphatic heterocycles. The topological polar surface area (TPSA) is 53.6 Å². The summed E-state index contributed by atoms with van der Waals surface area (Å²) in [6.07, 6.45) is 3.14. The molecule has 0 aromatic carbocycles. The van der Waals surface area contributed by atoms with Crippen LogP contribution in [-0.2, 0) is 13.1 Å². The lowest BCUT2D eigenvalue weighted by molar-refractivity contribution is 0.603. The third-order valence-electron chi connectivity index (χ3n) is 3.11. The second-order valence-corrected chi connectivity index (χ2v) is 4.44. The van der Waals surface area contributed by atoms with Crippen LogP contribution in [0.2, 0.25) is 0 Å². The molecule has 0 amide bonds. The van der Waals surface area contributed by atoms with Gasteiger partial charge in [0.15, 0.2) is 0 Å². The quantitative estimate of drug-likeness (QED) is 0.817. The van der Waals surface area contributed by atoms with Crippen molar-refractivity contribution in [2.45, 2.75) is 52.2 Å². The predicted octanol–water partition coefficient (Wildman–Crippen LogP) is 1.67. The zero-order valence-corrected chi connectivity index (χ0v) is 9.95. The second kappa shape index (κ2) is 4.67. The first-order valence-corrected chi connectivity index (χ1v) is 5.85. The maximum Gasteiger partial charge on any atom is 0.0641 e. The van der Waals surface area contributed by atoms with E-state index in [-0.39, 0.29) is 0 Å². The summed E-state index contributed by atoms with van der Waals surface area (Å²) in [6, 6.07) is 2.88. The lowest BCUT2D eigenvalue weighted by Gasteiger charge is -2.04. The number of hydrogen-bond acceptors (Lipinski definition) is 3. The summed E-state index contributed by atoms with van der Waals surface area (Å²) in [5.41, 5.74) is 3.58. The molecule has 0 unspecified atom stereocenters. The van der Waals surface area contributed by atoms with E-state index in [1.165, 1.54) is 24.1 Å². The molecule has 4 nitrogen and oxygen atoms in total. The third-order valence-corrected chi connectivity index (χ3v) is 3.11. The molecule has 1 aromatic heterocycles. The molecule has 0 spiro atoms. The van der Waals surface area contributed by atoms with Gasteiger partial charge in [0.25, 0.3) is 0 Å². The Morgan fingerprint density at radius 1 is 1.50 bits per heavy atom. The highest BCUT2D eigenvalue weighted by Gasteiger charge is 2.21. The monoisotopic (exact) mass is 218 g/mol. The van der Waals surface area contributed by atoms with Crippen LogP contribution < -0.4 is 5.32 Å². The zero-order valence-electron chi connectivity index (χ0n) is 9.95. The molecule has 16 heavy (non-hydrogen) atoms. The van der Waals surface area contributed by atoms with Gasteiger partial charge in [0.05, 0.1) is 24.7 Å². The van der Waals surface area contributed by atoms with E-state index >= 15 is 0 Å². The number of aryl methyl sites for hydroxylation is 2. The molecule has 2 rings (SSSR count). The highest BCUT2D eigenvalue weighted by molar-refractivity contribution is 5.24. The second-order valence-electron chi connectivity index (χ2n) is 4.44. The summed E-state index contributed by atoms with van der Waals surface area (Å²) in [5.74, 6) is 0. The fourth-order valence-corrected chi connectivity index (χ4v) is 1.90. The SMILES string of the molecule is Cc1nn(CCC#N)c(C)c1CNC1CC1. The van der Waals surface area contributed by atoms with E-state index in [1.807, 2.05) is 11.6 Å². The highest BCUT2D eigenvalue weighted by Crippen LogP contribution is 2.21. The highest BCUT2D eigenvalue weighted by atomic mass is 15.3. The van der Waals surface area contributed by atoms with Crippen molar-refractivity contribution >= 4 is 0 Å². The van der Waals surface area contributed by atoms with Gasteiger partial charge in [-0.3, -0.25) is 4.68 Å². The van der Waals surface area contributed by atoms with Crippen LogP contribution in [0.3, 0.4) is 0 Å². The van der Waals surface area contributed by atoms with Crippen molar-refractivity contribution in [3.8, 4) is 6.07 Å². The van der Waals surface area contributed by atoms with Gasteiger partial charge in [-0.25, -0.2) is 0 Å². The minimum Gasteiger partial charge on any atom is -0.310 e. The molecular weight excluding hydrogens is 200 g/mol. The van der Waals surface area contributed by atoms with Crippen LogP contribution in [0.5, 0.6) is 0 Å². The smallest absolute Gasteiger partial charge is 0.0641 e. The summed E-state index contributed by atoms with van der Waals surface area (Å²) in [6.45, 7) is 5.74. The van der Waals surface area contributed by atoms with Crippen LogP contribution in [0.1, 0.15) is 36.2 Å². The molecule has 4 heteroatoms. The van der Waals surface area contributed by atoms with Crippen LogP contribution in [0.25, 0.3) is 0 Å². The maximum atomic E-state index is 8.58. The van der Waals surface area contributed by atoms with Gasteiger partial charge in [-0.05, 0) is 26.7 Å². The van der Waals surface area contributed by atoms with Gasteiger partial charge in [-0.1, -0.05) is 0 Å². The average Bonchev–Trinajstić information content (AvgIpc) is 3.03. The van der Waals surface area contributed by atoms with Crippen LogP contribution >= 0.6 is 0 Å². The predicted molar refractivity (Wildman–Crippen MR) is 61.8 cm³/mol. The first kappa shape index (κ1) is 11.2. The Labute approximate surface area is 96.3 Å². The minimum atomic E-state index is 0.525. The van der Waals surface area contributed by atoms with Gasteiger partial charge in [-0.15, -0.1) is 0 Å². The first-order chi connectivity index (χ1) is 7.72. The Morgan fingerprint density at radius 2 is 2.25 bits per heavy atom. The van der Waals surface area contributed by atoms with Crippen LogP contribution in [0, 0.1) is 25.2 Å². The fraction of sp³-hybridized carbons (Fsp3) is 0.667. The minimum absolute atomic E-state index is 0.525. The van der Waals surface area contributed by atoms with Crippen LogP contribution in [0.4, 0.5) is 0 Å². The average molecular weight is 218 g/mol. The Balaban J connectivity index is 2.04. The van der Waals surface area contributed by atoms with E-state index in [0.717, 1.165) is 18.3 Å². The van der Waals surface area contributed by atoms with E-state index in [9.17, 15) is 0 Å². The number of nitriles is 1. The molecular formula is C12H18N4. The number of hydrogen-bond donors (Lipinski definition) is 1. The maximum absolute atomic E-state index is 8.58. The van der Waals surface area contributed by atoms with Gasteiger partial charge in [-0.2, -0.15) is 10.4 Å². The Kier molecular flexibility index (Phi) is 3.25. The fourth-order valence-electron chi connectivity index (χ4n) is 1.90. The summed E-state index contributed by atoms with van der Waals surface area (Å²) in [4.78, 5) is 0. The van der Waals surface area contributed by atoms with E-state index in [1.54, 1.807) is 0 Å². The molecule has 0 atom stereocenters. The molecule has 0 bridgehead atoms. The molecule has 1 aliphatic carbocycles. The van der Waals surface area contributed by atoms with Crippen molar-refractivity contribution in [3.63, 3.8) is 0 Å². The molecule has 1 N–H and O–H groups in total. The van der Waals surface area contributed by atoms with Crippen molar-refractivity contribution in [2.75, 3.05) is 0 Å². The van der Waals surface area contributed by atoms with Crippen molar-refractivity contribution < 1.29 is 0 Å². The van der Waals surface area contributed by atoms with E-state index in [2.05, 4.69) is 23.4 Å². The van der Waals surface area contributed by atoms with E-state index in [4.69, 9.17) is 5.26 Å². The third kappa shape index (κ3) is 2.42. The van der Waals surface area contributed by atoms with Gasteiger partial charge >= 0.3 is 0 Å². The lowest BCUT2D eigenvalue weighted by atomic mass is 10.2. The van der Waals surface area contributed by atoms with Gasteiger partial charge < -0.3 is 5.32 Å². The van der Waals surface area contributed by atoms with Crippen molar-refractivity contribution in [2.24, 2.45) is 0 Å². The van der Waals surface area contributed by atoms with Crippen molar-refractivity contribution in [1.82, 2.24) is 15.1 Å². The van der Waals surface area contributed by atoms with E-state index < -0.39 is 0 Å². The molecule has 0 radical (unpaired) electrons. The number of aromatic nitrogens is 2. The summed E-state index contributed by atoms with van der Waals surface area (Å²) >= 11 is 0. The molecule has 1 aromatic rings. The molecule has 1 fully saturated rings. The summed E-state index contributed by atoms with van der Waals surface area (Å²) in [5, 5.41) is 16.6. The van der Waals surface area contributed by atoms with Crippen molar-refractivity contribution in [3.05, 3.63) is 17.0 Å². The first-order valence-electron chi connectivity index (χ1n) is 5.85. The van der Waals surface area contributed by atoms with Crippen LogP contribution in [0.15, 0.2) is 0 Å². The van der Waals surface area contributed by atoms with Gasteiger partial charge in [0.2, 0.25) is 0 Å². The summed E-state index contributed by atoms with van der Waals surface area (Å²) < 4.78 is 1.95. The number of rotatable bonds is 5. The molecule has 0 saturated heterocycles. The molecule has 1 heterocycles. The Morgan fingerprint density at radius 3 is 2.88 bits per heavy atom. The van der Waals surface area contributed by atoms with E-state index in [0.29, 0.717) is 13.0 Å². The Hall–Kier alpha value is -1.34. The van der Waals surface area contributed by atoms with Crippen molar-refractivity contribution in [1.29, 1.82) is 5.26 Å². The molecule has 86 valence electrons. The molecule has 1 aliphatic rings. The number of nitrogens with zero attached hydrogens (tertiary/aromatic N) is 3. The van der Waals surface area contributed by atoms with Crippen LogP contribution in [-0.4, -0.2) is 15.8 Å². The number of nitrogens with one attached hydrogen (secondary N) is 1. The largest absolute Gasteiger partial charge is 0.310 e. The summed E-state index contributed by atoms with van der Waals surface area (Å²) in [7, 11) is 0. The standard InChI is InChI=1S/C12H18N4/c1-9-12(8-14-11-4-5-11)10(2)16(15-9)7-3-6-13/h11,14H,3-5,7-8H2,1-2H3.